The van der Waals surface area contributed by atoms with E-state index in [0.717, 1.165) is 24.6 Å². The molecule has 1 aromatic heterocycles. The average Bonchev–Trinajstić information content (AvgIpc) is 3.00. The minimum Gasteiger partial charge on any atom is -0.314 e. The summed E-state index contributed by atoms with van der Waals surface area (Å²) in [6, 6.07) is 0.639. The molecule has 1 N–H and O–H groups in total. The maximum atomic E-state index is 4.30. The molecule has 16 heavy (non-hydrogen) atoms. The highest BCUT2D eigenvalue weighted by Crippen LogP contribution is 2.35. The first-order chi connectivity index (χ1) is 7.72. The van der Waals surface area contributed by atoms with Crippen molar-refractivity contribution in [2.75, 3.05) is 7.05 Å². The lowest BCUT2D eigenvalue weighted by Gasteiger charge is -2.08. The van der Waals surface area contributed by atoms with Crippen molar-refractivity contribution in [3.63, 3.8) is 0 Å². The van der Waals surface area contributed by atoms with Gasteiger partial charge in [-0.2, -0.15) is 0 Å². The van der Waals surface area contributed by atoms with Gasteiger partial charge in [-0.1, -0.05) is 19.1 Å². The molecule has 1 aromatic rings. The second-order valence-corrected chi connectivity index (χ2v) is 5.12. The van der Waals surface area contributed by atoms with Gasteiger partial charge in [0.05, 0.1) is 17.4 Å². The van der Waals surface area contributed by atoms with Crippen LogP contribution in [0.5, 0.6) is 0 Å². The Morgan fingerprint density at radius 3 is 2.75 bits per heavy atom. The van der Waals surface area contributed by atoms with E-state index in [4.69, 9.17) is 0 Å². The molecule has 0 aliphatic heterocycles. The third kappa shape index (κ3) is 2.61. The molecule has 0 unspecified atom stereocenters. The first-order valence-electron chi connectivity index (χ1n) is 6.30. The van der Waals surface area contributed by atoms with Crippen LogP contribution in [0, 0.1) is 5.92 Å². The Hall–Kier alpha value is -0.900. The Bertz CT molecular complexity index is 339. The van der Waals surface area contributed by atoms with Crippen molar-refractivity contribution in [3.8, 4) is 0 Å². The molecule has 0 saturated heterocycles. The maximum Gasteiger partial charge on any atom is 0.0996 e. The summed E-state index contributed by atoms with van der Waals surface area (Å²) in [5, 5.41) is 11.8. The van der Waals surface area contributed by atoms with Crippen LogP contribution in [0.2, 0.25) is 0 Å². The van der Waals surface area contributed by atoms with Crippen molar-refractivity contribution >= 4 is 0 Å². The second-order valence-electron chi connectivity index (χ2n) is 5.12. The predicted molar refractivity (Wildman–Crippen MR) is 64.2 cm³/mol. The zero-order chi connectivity index (χ0) is 11.5. The van der Waals surface area contributed by atoms with Crippen molar-refractivity contribution in [2.24, 2.45) is 5.92 Å². The van der Waals surface area contributed by atoms with Crippen LogP contribution >= 0.6 is 0 Å². The van der Waals surface area contributed by atoms with Gasteiger partial charge in [-0.05, 0) is 38.6 Å². The largest absolute Gasteiger partial charge is 0.314 e. The molecule has 0 bridgehead atoms. The molecule has 90 valence electrons. The Labute approximate surface area is 97.4 Å². The lowest BCUT2D eigenvalue weighted by molar-refractivity contribution is 0.534. The molecular formula is C12H22N4. The summed E-state index contributed by atoms with van der Waals surface area (Å²) in [5.74, 6) is 0.741. The van der Waals surface area contributed by atoms with Crippen molar-refractivity contribution in [1.29, 1.82) is 0 Å². The average molecular weight is 222 g/mol. The molecule has 1 saturated carbocycles. The van der Waals surface area contributed by atoms with Gasteiger partial charge in [-0.25, -0.2) is 4.68 Å². The van der Waals surface area contributed by atoms with Gasteiger partial charge >= 0.3 is 0 Å². The second kappa shape index (κ2) is 4.95. The van der Waals surface area contributed by atoms with Crippen molar-refractivity contribution in [1.82, 2.24) is 20.3 Å². The van der Waals surface area contributed by atoms with E-state index >= 15 is 0 Å². The Morgan fingerprint density at radius 2 is 2.19 bits per heavy atom. The third-order valence-electron chi connectivity index (χ3n) is 3.07. The summed E-state index contributed by atoms with van der Waals surface area (Å²) in [5.41, 5.74) is 2.49. The van der Waals surface area contributed by atoms with Crippen LogP contribution in [0.4, 0.5) is 0 Å². The van der Waals surface area contributed by atoms with Gasteiger partial charge < -0.3 is 5.32 Å². The Kier molecular flexibility index (Phi) is 3.59. The molecule has 1 heterocycles. The van der Waals surface area contributed by atoms with E-state index in [1.807, 2.05) is 7.05 Å². The number of hydrogen-bond donors (Lipinski definition) is 1. The van der Waals surface area contributed by atoms with Crippen LogP contribution in [-0.4, -0.2) is 22.0 Å². The molecule has 4 nitrogen and oxygen atoms in total. The van der Waals surface area contributed by atoms with Crippen LogP contribution in [-0.2, 0) is 13.0 Å². The van der Waals surface area contributed by atoms with Crippen molar-refractivity contribution in [3.05, 3.63) is 11.4 Å². The smallest absolute Gasteiger partial charge is 0.0996 e. The van der Waals surface area contributed by atoms with E-state index < -0.39 is 0 Å². The van der Waals surface area contributed by atoms with Gasteiger partial charge in [-0.3, -0.25) is 0 Å². The molecule has 1 aliphatic carbocycles. The fourth-order valence-electron chi connectivity index (χ4n) is 1.95. The first kappa shape index (κ1) is 11.6. The van der Waals surface area contributed by atoms with Crippen LogP contribution in [0.3, 0.4) is 0 Å². The predicted octanol–water partition coefficient (Wildman–Crippen LogP) is 1.92. The molecule has 0 amide bonds. The van der Waals surface area contributed by atoms with Gasteiger partial charge in [0.2, 0.25) is 0 Å². The zero-order valence-corrected chi connectivity index (χ0v) is 10.5. The SMILES string of the molecule is CNCc1nnn(C2CC2)c1CCC(C)C. The summed E-state index contributed by atoms with van der Waals surface area (Å²) in [7, 11) is 1.96. The number of rotatable bonds is 6. The summed E-state index contributed by atoms with van der Waals surface area (Å²) in [6.45, 7) is 5.37. The summed E-state index contributed by atoms with van der Waals surface area (Å²) < 4.78 is 2.16. The van der Waals surface area contributed by atoms with E-state index in [2.05, 4.69) is 34.2 Å². The molecule has 1 aliphatic rings. The molecular weight excluding hydrogens is 200 g/mol. The van der Waals surface area contributed by atoms with Gasteiger partial charge in [0.1, 0.15) is 0 Å². The number of aromatic nitrogens is 3. The normalized spacial score (nSPS) is 16.0. The molecule has 0 aromatic carbocycles. The fourth-order valence-corrected chi connectivity index (χ4v) is 1.95. The van der Waals surface area contributed by atoms with Gasteiger partial charge in [0.25, 0.3) is 0 Å². The minimum absolute atomic E-state index is 0.639. The van der Waals surface area contributed by atoms with E-state index in [9.17, 15) is 0 Å². The molecule has 0 atom stereocenters. The summed E-state index contributed by atoms with van der Waals surface area (Å²) in [6.07, 6.45) is 4.88. The van der Waals surface area contributed by atoms with Crippen LogP contribution in [0.1, 0.15) is 50.5 Å². The standard InChI is InChI=1S/C12H22N4/c1-9(2)4-7-12-11(8-13-3)14-15-16(12)10-5-6-10/h9-10,13H,4-8H2,1-3H3. The quantitative estimate of drug-likeness (QED) is 0.799. The van der Waals surface area contributed by atoms with Crippen molar-refractivity contribution in [2.45, 2.75) is 52.1 Å². The number of hydrogen-bond acceptors (Lipinski definition) is 3. The summed E-state index contributed by atoms with van der Waals surface area (Å²) in [4.78, 5) is 0. The van der Waals surface area contributed by atoms with Crippen LogP contribution < -0.4 is 5.32 Å². The fraction of sp³-hybridized carbons (Fsp3) is 0.833. The van der Waals surface area contributed by atoms with Gasteiger partial charge in [-0.15, -0.1) is 5.10 Å². The van der Waals surface area contributed by atoms with Gasteiger partial charge in [0, 0.05) is 6.54 Å². The lowest BCUT2D eigenvalue weighted by atomic mass is 10.1. The zero-order valence-electron chi connectivity index (χ0n) is 10.5. The molecule has 4 heteroatoms. The molecule has 2 rings (SSSR count). The summed E-state index contributed by atoms with van der Waals surface area (Å²) >= 11 is 0. The Morgan fingerprint density at radius 1 is 1.44 bits per heavy atom. The first-order valence-corrected chi connectivity index (χ1v) is 6.30. The topological polar surface area (TPSA) is 42.7 Å². The van der Waals surface area contributed by atoms with E-state index in [1.54, 1.807) is 0 Å². The van der Waals surface area contributed by atoms with E-state index in [-0.39, 0.29) is 0 Å². The van der Waals surface area contributed by atoms with Crippen LogP contribution in [0.25, 0.3) is 0 Å². The number of nitrogens with one attached hydrogen (secondary N) is 1. The minimum atomic E-state index is 0.639. The monoisotopic (exact) mass is 222 g/mol. The highest BCUT2D eigenvalue weighted by Gasteiger charge is 2.28. The molecule has 0 spiro atoms. The van der Waals surface area contributed by atoms with Crippen LogP contribution in [0.15, 0.2) is 0 Å². The number of nitrogens with zero attached hydrogens (tertiary/aromatic N) is 3. The lowest BCUT2D eigenvalue weighted by Crippen LogP contribution is -2.10. The highest BCUT2D eigenvalue weighted by atomic mass is 15.5. The van der Waals surface area contributed by atoms with E-state index in [1.165, 1.54) is 25.0 Å². The maximum absolute atomic E-state index is 4.30. The highest BCUT2D eigenvalue weighted by molar-refractivity contribution is 5.12. The van der Waals surface area contributed by atoms with Crippen molar-refractivity contribution < 1.29 is 0 Å². The molecule has 1 fully saturated rings. The van der Waals surface area contributed by atoms with E-state index in [0.29, 0.717) is 6.04 Å². The Balaban J connectivity index is 2.12. The van der Waals surface area contributed by atoms with Gasteiger partial charge in [0.15, 0.2) is 0 Å². The molecule has 0 radical (unpaired) electrons. The third-order valence-corrected chi connectivity index (χ3v) is 3.07.